The fraction of sp³-hybridized carbons (Fsp3) is 0. The number of nitrogens with one attached hydrogen (secondary N) is 2. The van der Waals surface area contributed by atoms with Crippen LogP contribution in [0.1, 0.15) is 0 Å². The van der Waals surface area contributed by atoms with Crippen LogP contribution in [0, 0.1) is 10.1 Å². The molecule has 2 N–H and O–H groups in total. The Morgan fingerprint density at radius 3 is 3.00 bits per heavy atom. The van der Waals surface area contributed by atoms with E-state index in [4.69, 9.17) is 11.6 Å². The summed E-state index contributed by atoms with van der Waals surface area (Å²) >= 11 is 5.77. The molecule has 0 unspecified atom stereocenters. The van der Waals surface area contributed by atoms with Crippen LogP contribution in [0.2, 0.25) is 5.02 Å². The molecule has 0 saturated heterocycles. The highest BCUT2D eigenvalue weighted by Crippen LogP contribution is 2.27. The van der Waals surface area contributed by atoms with Crippen LogP contribution in [0.5, 0.6) is 0 Å². The molecule has 21 heavy (non-hydrogen) atoms. The minimum absolute atomic E-state index is 0.0292. The largest absolute Gasteiger partial charge is 0.292 e. The molecular formula is C9H6ClN9O2. The standard InChI is InChI=1S/C9H6ClN9O2/c10-6-2-1-5(3-7(6)19(20)21)18-9(15-16-17-18)13-8-11-4-12-14-8/h1-4H,(H2,11,12,13,14,15,17). The van der Waals surface area contributed by atoms with Crippen molar-refractivity contribution >= 4 is 29.2 Å². The number of hydrogen-bond donors (Lipinski definition) is 2. The minimum atomic E-state index is -0.584. The van der Waals surface area contributed by atoms with Crippen LogP contribution in [0.25, 0.3) is 5.69 Å². The number of nitro benzene ring substituents is 1. The lowest BCUT2D eigenvalue weighted by Gasteiger charge is -2.05. The van der Waals surface area contributed by atoms with Crippen LogP contribution in [0.15, 0.2) is 24.5 Å². The average Bonchev–Trinajstić information content (AvgIpc) is 3.11. The second kappa shape index (κ2) is 5.13. The lowest BCUT2D eigenvalue weighted by molar-refractivity contribution is -0.384. The number of aromatic nitrogens is 7. The molecule has 0 amide bonds. The van der Waals surface area contributed by atoms with Gasteiger partial charge in [-0.15, -0.1) is 0 Å². The average molecular weight is 308 g/mol. The molecule has 12 heteroatoms. The number of H-pyrrole nitrogens is 1. The molecular weight excluding hydrogens is 302 g/mol. The number of benzene rings is 1. The third-order valence-electron chi connectivity index (χ3n) is 2.49. The summed E-state index contributed by atoms with van der Waals surface area (Å²) in [5.74, 6) is 0.540. The normalized spacial score (nSPS) is 10.5. The third-order valence-corrected chi connectivity index (χ3v) is 2.81. The summed E-state index contributed by atoms with van der Waals surface area (Å²) in [5, 5.41) is 31.0. The van der Waals surface area contributed by atoms with E-state index in [1.54, 1.807) is 6.07 Å². The number of halogens is 1. The van der Waals surface area contributed by atoms with Gasteiger partial charge in [-0.25, -0.2) is 5.10 Å². The van der Waals surface area contributed by atoms with Crippen molar-refractivity contribution in [3.8, 4) is 5.69 Å². The second-order valence-corrected chi connectivity index (χ2v) is 4.17. The van der Waals surface area contributed by atoms with Gasteiger partial charge in [0.1, 0.15) is 11.3 Å². The number of nitro groups is 1. The van der Waals surface area contributed by atoms with Crippen LogP contribution in [0.4, 0.5) is 17.6 Å². The van der Waals surface area contributed by atoms with Gasteiger partial charge in [0.15, 0.2) is 0 Å². The van der Waals surface area contributed by atoms with Crippen molar-refractivity contribution in [3.63, 3.8) is 0 Å². The topological polar surface area (TPSA) is 140 Å². The van der Waals surface area contributed by atoms with Gasteiger partial charge in [-0.3, -0.25) is 15.4 Å². The molecule has 3 aromatic rings. The molecule has 0 aliphatic heterocycles. The van der Waals surface area contributed by atoms with E-state index in [-0.39, 0.29) is 16.7 Å². The first-order chi connectivity index (χ1) is 10.1. The summed E-state index contributed by atoms with van der Waals surface area (Å²) in [5.41, 5.74) is 0.133. The molecule has 0 fully saturated rings. The summed E-state index contributed by atoms with van der Waals surface area (Å²) in [6, 6.07) is 4.22. The third kappa shape index (κ3) is 2.49. The fourth-order valence-electron chi connectivity index (χ4n) is 1.58. The number of anilines is 2. The maximum atomic E-state index is 10.9. The van der Waals surface area contributed by atoms with E-state index < -0.39 is 4.92 Å². The zero-order valence-corrected chi connectivity index (χ0v) is 10.9. The SMILES string of the molecule is O=[N+]([O-])c1cc(-n2nnnc2Nc2ncn[nH]2)ccc1Cl. The number of nitrogens with zero attached hydrogens (tertiary/aromatic N) is 7. The van der Waals surface area contributed by atoms with Gasteiger partial charge in [-0.05, 0) is 22.6 Å². The second-order valence-electron chi connectivity index (χ2n) is 3.77. The van der Waals surface area contributed by atoms with Crippen molar-refractivity contribution in [1.29, 1.82) is 0 Å². The van der Waals surface area contributed by atoms with E-state index in [9.17, 15) is 10.1 Å². The Hall–Kier alpha value is -3.08. The quantitative estimate of drug-likeness (QED) is 0.539. The van der Waals surface area contributed by atoms with E-state index >= 15 is 0 Å². The lowest BCUT2D eigenvalue weighted by atomic mass is 10.3. The number of tetrazole rings is 1. The van der Waals surface area contributed by atoms with Crippen LogP contribution < -0.4 is 5.32 Å². The predicted molar refractivity (Wildman–Crippen MR) is 70.5 cm³/mol. The van der Waals surface area contributed by atoms with Crippen molar-refractivity contribution in [2.45, 2.75) is 0 Å². The Labute approximate surface area is 121 Å². The maximum absolute atomic E-state index is 10.9. The van der Waals surface area contributed by atoms with Gasteiger partial charge in [0, 0.05) is 6.07 Å². The molecule has 2 heterocycles. The molecule has 11 nitrogen and oxygen atoms in total. The fourth-order valence-corrected chi connectivity index (χ4v) is 1.77. The number of hydrogen-bond acceptors (Lipinski definition) is 8. The highest BCUT2D eigenvalue weighted by atomic mass is 35.5. The Morgan fingerprint density at radius 1 is 1.43 bits per heavy atom. The molecule has 106 valence electrons. The molecule has 0 radical (unpaired) electrons. The van der Waals surface area contributed by atoms with E-state index in [0.29, 0.717) is 11.6 Å². The molecule has 0 spiro atoms. The van der Waals surface area contributed by atoms with Gasteiger partial charge in [-0.2, -0.15) is 14.8 Å². The Bertz CT molecular complexity index is 784. The summed E-state index contributed by atoms with van der Waals surface area (Å²) < 4.78 is 1.27. The van der Waals surface area contributed by atoms with Crippen molar-refractivity contribution in [2.75, 3.05) is 5.32 Å². The van der Waals surface area contributed by atoms with Crippen molar-refractivity contribution in [3.05, 3.63) is 39.7 Å². The van der Waals surface area contributed by atoms with Crippen molar-refractivity contribution in [1.82, 2.24) is 35.4 Å². The zero-order valence-electron chi connectivity index (χ0n) is 10.1. The van der Waals surface area contributed by atoms with Gasteiger partial charge in [0.05, 0.1) is 10.6 Å². The van der Waals surface area contributed by atoms with Crippen molar-refractivity contribution < 1.29 is 4.92 Å². The lowest BCUT2D eigenvalue weighted by Crippen LogP contribution is -2.05. The number of rotatable bonds is 4. The smallest absolute Gasteiger partial charge is 0.290 e. The van der Waals surface area contributed by atoms with Crippen LogP contribution in [-0.2, 0) is 0 Å². The van der Waals surface area contributed by atoms with Gasteiger partial charge in [-0.1, -0.05) is 16.7 Å². The maximum Gasteiger partial charge on any atom is 0.290 e. The summed E-state index contributed by atoms with van der Waals surface area (Å²) in [6.07, 6.45) is 1.31. The molecule has 1 aromatic carbocycles. The first kappa shape index (κ1) is 12.9. The Kier molecular flexibility index (Phi) is 3.16. The van der Waals surface area contributed by atoms with Crippen molar-refractivity contribution in [2.24, 2.45) is 0 Å². The van der Waals surface area contributed by atoms with E-state index in [1.807, 2.05) is 0 Å². The zero-order chi connectivity index (χ0) is 14.8. The molecule has 0 bridgehead atoms. The Balaban J connectivity index is 2.00. The van der Waals surface area contributed by atoms with Crippen LogP contribution in [0.3, 0.4) is 0 Å². The summed E-state index contributed by atoms with van der Waals surface area (Å²) in [7, 11) is 0. The van der Waals surface area contributed by atoms with Crippen LogP contribution in [-0.4, -0.2) is 40.3 Å². The molecule has 3 rings (SSSR count). The van der Waals surface area contributed by atoms with Gasteiger partial charge in [0.25, 0.3) is 11.6 Å². The molecule has 0 aliphatic carbocycles. The van der Waals surface area contributed by atoms with Gasteiger partial charge >= 0.3 is 0 Å². The number of aromatic amines is 1. The van der Waals surface area contributed by atoms with Gasteiger partial charge in [0.2, 0.25) is 5.95 Å². The monoisotopic (exact) mass is 307 g/mol. The Morgan fingerprint density at radius 2 is 2.29 bits per heavy atom. The minimum Gasteiger partial charge on any atom is -0.292 e. The van der Waals surface area contributed by atoms with Crippen LogP contribution >= 0.6 is 11.6 Å². The highest BCUT2D eigenvalue weighted by Gasteiger charge is 2.16. The molecule has 2 aromatic heterocycles. The summed E-state index contributed by atoms with van der Waals surface area (Å²) in [4.78, 5) is 14.2. The molecule has 0 aliphatic rings. The van der Waals surface area contributed by atoms with E-state index in [0.717, 1.165) is 0 Å². The molecule has 0 saturated carbocycles. The summed E-state index contributed by atoms with van der Waals surface area (Å²) in [6.45, 7) is 0. The highest BCUT2D eigenvalue weighted by molar-refractivity contribution is 6.32. The first-order valence-electron chi connectivity index (χ1n) is 5.50. The molecule has 0 atom stereocenters. The predicted octanol–water partition coefficient (Wildman–Crippen LogP) is 1.09. The van der Waals surface area contributed by atoms with E-state index in [2.05, 4.69) is 36.0 Å². The van der Waals surface area contributed by atoms with Gasteiger partial charge < -0.3 is 0 Å². The first-order valence-corrected chi connectivity index (χ1v) is 5.88. The van der Waals surface area contributed by atoms with E-state index in [1.165, 1.54) is 23.1 Å².